The second-order valence-corrected chi connectivity index (χ2v) is 20.2. The molecule has 2 aromatic heterocycles. The molecule has 1 N–H and O–H groups in total. The summed E-state index contributed by atoms with van der Waals surface area (Å²) in [4.78, 5) is 40.3. The number of aromatic nitrogens is 3. The third kappa shape index (κ3) is 8.52. The molecule has 3 heterocycles. The van der Waals surface area contributed by atoms with Crippen molar-refractivity contribution in [1.82, 2.24) is 14.5 Å². The van der Waals surface area contributed by atoms with Gasteiger partial charge in [-0.2, -0.15) is 0 Å². The number of carbonyl (C=O) groups is 1. The lowest BCUT2D eigenvalue weighted by Crippen LogP contribution is -2.38. The van der Waals surface area contributed by atoms with Gasteiger partial charge < -0.3 is 29.0 Å². The van der Waals surface area contributed by atoms with E-state index in [4.69, 9.17) is 14.2 Å². The number of hydrogen-bond acceptors (Lipinski definition) is 10. The minimum absolute atomic E-state index is 0.0498. The van der Waals surface area contributed by atoms with Gasteiger partial charge in [-0.25, -0.2) is 19.7 Å². The lowest BCUT2D eigenvalue weighted by Gasteiger charge is -2.28. The molecule has 1 amide bonds. The largest absolute Gasteiger partial charge is 0.443 e. The maximum Gasteiger partial charge on any atom is 0.418 e. The van der Waals surface area contributed by atoms with Gasteiger partial charge >= 0.3 is 6.09 Å². The van der Waals surface area contributed by atoms with E-state index >= 15 is 0 Å². The van der Waals surface area contributed by atoms with Crippen LogP contribution in [0.4, 0.5) is 27.1 Å². The average Bonchev–Trinajstić information content (AvgIpc) is 3.49. The maximum atomic E-state index is 13.4. The van der Waals surface area contributed by atoms with Crippen molar-refractivity contribution in [3.8, 4) is 10.4 Å². The van der Waals surface area contributed by atoms with Gasteiger partial charge in [-0.3, -0.25) is 4.79 Å². The van der Waals surface area contributed by atoms with Crippen LogP contribution in [-0.4, -0.2) is 73.9 Å². The monoisotopic (exact) mass is 664 g/mol. The summed E-state index contributed by atoms with van der Waals surface area (Å²) in [6, 6.07) is 14.7. The van der Waals surface area contributed by atoms with E-state index in [9.17, 15) is 9.59 Å². The fraction of sp³-hybridized carbons (Fsp3) is 0.455. The lowest BCUT2D eigenvalue weighted by atomic mass is 10.1. The SMILES string of the molecule is Cn1c(=O)c(Nc2ccc(N3CCOCC3)cc2)nc2ccc(-c3cnc(N(COCC[Si](C)(C)C)C(=O)OC(C)(C)C)s3)cc21. The van der Waals surface area contributed by atoms with Gasteiger partial charge in [-0.05, 0) is 68.8 Å². The van der Waals surface area contributed by atoms with Crippen molar-refractivity contribution in [2.24, 2.45) is 7.05 Å². The molecule has 11 nitrogen and oxygen atoms in total. The van der Waals surface area contributed by atoms with Gasteiger partial charge in [0, 0.05) is 52.4 Å². The second-order valence-electron chi connectivity index (χ2n) is 13.6. The molecule has 46 heavy (non-hydrogen) atoms. The first-order valence-corrected chi connectivity index (χ1v) is 20.0. The van der Waals surface area contributed by atoms with Crippen LogP contribution in [-0.2, 0) is 21.3 Å². The molecule has 5 rings (SSSR count). The normalized spacial score (nSPS) is 14.0. The predicted molar refractivity (Wildman–Crippen MR) is 189 cm³/mol. The number of nitrogens with one attached hydrogen (secondary N) is 1. The van der Waals surface area contributed by atoms with E-state index in [0.717, 1.165) is 54.2 Å². The summed E-state index contributed by atoms with van der Waals surface area (Å²) in [6.45, 7) is 16.1. The molecule has 1 aliphatic heterocycles. The van der Waals surface area contributed by atoms with Crippen LogP contribution in [0.5, 0.6) is 0 Å². The smallest absolute Gasteiger partial charge is 0.418 e. The highest BCUT2D eigenvalue weighted by Gasteiger charge is 2.26. The minimum Gasteiger partial charge on any atom is -0.443 e. The molecule has 0 saturated carbocycles. The van der Waals surface area contributed by atoms with E-state index in [1.54, 1.807) is 17.8 Å². The molecule has 0 spiro atoms. The Kier molecular flexibility index (Phi) is 10.2. The molecule has 0 atom stereocenters. The van der Waals surface area contributed by atoms with Crippen LogP contribution < -0.4 is 20.7 Å². The highest BCUT2D eigenvalue weighted by atomic mass is 32.1. The fourth-order valence-corrected chi connectivity index (χ4v) is 6.48. The molecule has 246 valence electrons. The molecule has 0 bridgehead atoms. The predicted octanol–water partition coefficient (Wildman–Crippen LogP) is 6.69. The highest BCUT2D eigenvalue weighted by Crippen LogP contribution is 2.33. The number of carbonyl (C=O) groups excluding carboxylic acids is 1. The van der Waals surface area contributed by atoms with Crippen LogP contribution >= 0.6 is 11.3 Å². The van der Waals surface area contributed by atoms with Gasteiger partial charge in [0.05, 0.1) is 29.1 Å². The molecule has 13 heteroatoms. The molecule has 1 aliphatic rings. The number of aryl methyl sites for hydroxylation is 1. The summed E-state index contributed by atoms with van der Waals surface area (Å²) in [5, 5.41) is 3.67. The van der Waals surface area contributed by atoms with Crippen LogP contribution in [0.15, 0.2) is 53.5 Å². The topological polar surface area (TPSA) is 111 Å². The van der Waals surface area contributed by atoms with Crippen molar-refractivity contribution in [2.45, 2.75) is 52.1 Å². The summed E-state index contributed by atoms with van der Waals surface area (Å²) in [7, 11) is 0.451. The van der Waals surface area contributed by atoms with Gasteiger partial charge in [0.2, 0.25) is 0 Å². The molecular formula is C33H44N6O5SSi. The van der Waals surface area contributed by atoms with E-state index < -0.39 is 19.8 Å². The van der Waals surface area contributed by atoms with Gasteiger partial charge in [0.1, 0.15) is 12.3 Å². The third-order valence-corrected chi connectivity index (χ3v) is 10.2. The van der Waals surface area contributed by atoms with E-state index in [-0.39, 0.29) is 18.1 Å². The van der Waals surface area contributed by atoms with Gasteiger partial charge in [0.25, 0.3) is 5.56 Å². The Hall–Kier alpha value is -3.78. The number of anilines is 4. The Morgan fingerprint density at radius 1 is 1.11 bits per heavy atom. The quantitative estimate of drug-likeness (QED) is 0.113. The number of fused-ring (bicyclic) bond motifs is 1. The molecule has 0 radical (unpaired) electrons. The lowest BCUT2D eigenvalue weighted by molar-refractivity contribution is 0.0500. The van der Waals surface area contributed by atoms with Gasteiger partial charge in [0.15, 0.2) is 10.9 Å². The molecule has 4 aromatic rings. The Morgan fingerprint density at radius 3 is 2.50 bits per heavy atom. The first kappa shape index (κ1) is 33.6. The molecule has 1 saturated heterocycles. The molecule has 1 fully saturated rings. The van der Waals surface area contributed by atoms with E-state index in [0.29, 0.717) is 22.8 Å². The fourth-order valence-electron chi connectivity index (χ4n) is 4.83. The standard InChI is InChI=1S/C33H44N6O5SSi/c1-33(2,3)44-32(41)39(22-43-18-19-46(5,6)7)31-34-21-28(45-31)23-8-13-26-27(20-23)37(4)30(40)29(36-26)35-24-9-11-25(12-10-24)38-14-16-42-17-15-38/h8-13,20-21H,14-19,22H2,1-7H3,(H,35,36). The van der Waals surface area contributed by atoms with Crippen molar-refractivity contribution in [2.75, 3.05) is 54.8 Å². The van der Waals surface area contributed by atoms with Crippen LogP contribution in [0.25, 0.3) is 21.5 Å². The number of thiazole rings is 1. The van der Waals surface area contributed by atoms with Crippen molar-refractivity contribution in [1.29, 1.82) is 0 Å². The van der Waals surface area contributed by atoms with Gasteiger partial charge in [-0.15, -0.1) is 0 Å². The second kappa shape index (κ2) is 13.9. The zero-order valence-electron chi connectivity index (χ0n) is 27.8. The first-order chi connectivity index (χ1) is 21.8. The number of hydrogen-bond donors (Lipinski definition) is 1. The van der Waals surface area contributed by atoms with Crippen LogP contribution in [0, 0.1) is 0 Å². The van der Waals surface area contributed by atoms with Crippen LogP contribution in [0.3, 0.4) is 0 Å². The Balaban J connectivity index is 1.35. The number of nitrogens with zero attached hydrogens (tertiary/aromatic N) is 5. The Morgan fingerprint density at radius 2 is 1.83 bits per heavy atom. The zero-order valence-corrected chi connectivity index (χ0v) is 29.6. The van der Waals surface area contributed by atoms with E-state index in [2.05, 4.69) is 39.8 Å². The number of benzene rings is 2. The third-order valence-electron chi connectivity index (χ3n) is 7.42. The molecular weight excluding hydrogens is 621 g/mol. The summed E-state index contributed by atoms with van der Waals surface area (Å²) in [5.41, 5.74) is 3.22. The molecule has 0 unspecified atom stereocenters. The number of ether oxygens (including phenoxy) is 3. The highest BCUT2D eigenvalue weighted by molar-refractivity contribution is 7.19. The average molecular weight is 665 g/mol. The Bertz CT molecular complexity index is 1720. The molecule has 0 aliphatic carbocycles. The summed E-state index contributed by atoms with van der Waals surface area (Å²) in [5.74, 6) is 0.254. The zero-order chi connectivity index (χ0) is 33.1. The van der Waals surface area contributed by atoms with Crippen molar-refractivity contribution in [3.05, 3.63) is 59.0 Å². The molecule has 2 aromatic carbocycles. The summed E-state index contributed by atoms with van der Waals surface area (Å²) >= 11 is 1.36. The number of rotatable bonds is 10. The maximum absolute atomic E-state index is 13.4. The number of amides is 1. The summed E-state index contributed by atoms with van der Waals surface area (Å²) in [6.07, 6.45) is 1.21. The minimum atomic E-state index is -1.29. The van der Waals surface area contributed by atoms with E-state index in [1.165, 1.54) is 16.2 Å². The Labute approximate surface area is 275 Å². The van der Waals surface area contributed by atoms with Crippen molar-refractivity contribution >= 4 is 58.9 Å². The summed E-state index contributed by atoms with van der Waals surface area (Å²) < 4.78 is 18.6. The number of morpholine rings is 1. The van der Waals surface area contributed by atoms with Crippen molar-refractivity contribution < 1.29 is 19.0 Å². The van der Waals surface area contributed by atoms with Crippen LogP contribution in [0.2, 0.25) is 25.7 Å². The van der Waals surface area contributed by atoms with Crippen molar-refractivity contribution in [3.63, 3.8) is 0 Å². The van der Waals surface area contributed by atoms with Crippen LogP contribution in [0.1, 0.15) is 20.8 Å². The van der Waals surface area contributed by atoms with Gasteiger partial charge in [-0.1, -0.05) is 37.0 Å². The first-order valence-electron chi connectivity index (χ1n) is 15.5. The van der Waals surface area contributed by atoms with E-state index in [1.807, 2.05) is 63.2 Å².